The largest absolute Gasteiger partial charge is 0.497 e. The highest BCUT2D eigenvalue weighted by molar-refractivity contribution is 7.98. The van der Waals surface area contributed by atoms with Crippen LogP contribution in [0.5, 0.6) is 5.75 Å². The summed E-state index contributed by atoms with van der Waals surface area (Å²) in [7, 11) is 5.11. The second-order valence-corrected chi connectivity index (χ2v) is 6.70. The molecule has 1 amide bonds. The van der Waals surface area contributed by atoms with Crippen LogP contribution in [-0.2, 0) is 5.75 Å². The van der Waals surface area contributed by atoms with Gasteiger partial charge in [-0.15, -0.1) is 5.10 Å². The van der Waals surface area contributed by atoms with E-state index >= 15 is 0 Å². The highest BCUT2D eigenvalue weighted by Crippen LogP contribution is 2.23. The van der Waals surface area contributed by atoms with Crippen LogP contribution in [0.15, 0.2) is 53.7 Å². The first-order valence-electron chi connectivity index (χ1n) is 7.94. The summed E-state index contributed by atoms with van der Waals surface area (Å²) in [6.45, 7) is 0. The van der Waals surface area contributed by atoms with E-state index in [1.54, 1.807) is 30.8 Å². The first-order chi connectivity index (χ1) is 12.6. The third-order valence-electron chi connectivity index (χ3n) is 3.73. The summed E-state index contributed by atoms with van der Waals surface area (Å²) in [5.41, 5.74) is 2.63. The predicted octanol–water partition coefficient (Wildman–Crippen LogP) is 2.67. The highest BCUT2D eigenvalue weighted by atomic mass is 32.2. The van der Waals surface area contributed by atoms with Crippen molar-refractivity contribution in [2.75, 3.05) is 21.2 Å². The van der Waals surface area contributed by atoms with Gasteiger partial charge in [-0.2, -0.15) is 4.68 Å². The highest BCUT2D eigenvalue weighted by Gasteiger charge is 2.11. The number of thioether (sulfide) groups is 1. The molecule has 2 aromatic carbocycles. The molecule has 0 spiro atoms. The quantitative estimate of drug-likeness (QED) is 0.622. The molecule has 1 heterocycles. The topological polar surface area (TPSA) is 73.1 Å². The lowest BCUT2D eigenvalue weighted by molar-refractivity contribution is 0.0827. The van der Waals surface area contributed by atoms with Gasteiger partial charge in [-0.1, -0.05) is 23.9 Å². The Morgan fingerprint density at radius 1 is 1.12 bits per heavy atom. The maximum Gasteiger partial charge on any atom is 0.253 e. The maximum absolute atomic E-state index is 11.9. The zero-order valence-corrected chi connectivity index (χ0v) is 15.6. The van der Waals surface area contributed by atoms with E-state index in [4.69, 9.17) is 4.74 Å². The van der Waals surface area contributed by atoms with Crippen LogP contribution in [0.4, 0.5) is 0 Å². The first-order valence-corrected chi connectivity index (χ1v) is 8.93. The Morgan fingerprint density at radius 3 is 2.42 bits per heavy atom. The minimum atomic E-state index is -0.00680. The number of carbonyl (C=O) groups is 1. The monoisotopic (exact) mass is 369 g/mol. The van der Waals surface area contributed by atoms with Gasteiger partial charge in [0, 0.05) is 25.4 Å². The predicted molar refractivity (Wildman–Crippen MR) is 99.7 cm³/mol. The van der Waals surface area contributed by atoms with Gasteiger partial charge in [-0.25, -0.2) is 0 Å². The normalized spacial score (nSPS) is 10.6. The molecule has 0 saturated heterocycles. The smallest absolute Gasteiger partial charge is 0.253 e. The van der Waals surface area contributed by atoms with Crippen molar-refractivity contribution in [3.63, 3.8) is 0 Å². The van der Waals surface area contributed by atoms with Gasteiger partial charge in [-0.3, -0.25) is 4.79 Å². The Labute approximate surface area is 156 Å². The standard InChI is InChI=1S/C18H19N5O2S/c1-22(2)17(24)14-6-4-13(5-7-14)12-26-18-19-20-21-23(18)15-8-10-16(25-3)11-9-15/h4-11H,12H2,1-3H3. The summed E-state index contributed by atoms with van der Waals surface area (Å²) >= 11 is 1.53. The van der Waals surface area contributed by atoms with E-state index < -0.39 is 0 Å². The number of amides is 1. The number of aromatic nitrogens is 4. The van der Waals surface area contributed by atoms with Crippen LogP contribution in [0.1, 0.15) is 15.9 Å². The van der Waals surface area contributed by atoms with E-state index in [-0.39, 0.29) is 5.91 Å². The molecule has 0 fully saturated rings. The lowest BCUT2D eigenvalue weighted by Crippen LogP contribution is -2.21. The Balaban J connectivity index is 1.69. The number of hydrogen-bond acceptors (Lipinski definition) is 6. The minimum Gasteiger partial charge on any atom is -0.497 e. The molecule has 134 valence electrons. The molecule has 8 heteroatoms. The van der Waals surface area contributed by atoms with Gasteiger partial charge in [0.15, 0.2) is 0 Å². The van der Waals surface area contributed by atoms with Gasteiger partial charge < -0.3 is 9.64 Å². The van der Waals surface area contributed by atoms with Crippen LogP contribution in [0.3, 0.4) is 0 Å². The van der Waals surface area contributed by atoms with Gasteiger partial charge in [0.05, 0.1) is 12.8 Å². The zero-order chi connectivity index (χ0) is 18.5. The molecule has 3 rings (SSSR count). The number of tetrazole rings is 1. The molecule has 0 bridgehead atoms. The average molecular weight is 369 g/mol. The SMILES string of the molecule is COc1ccc(-n2nnnc2SCc2ccc(C(=O)N(C)C)cc2)cc1. The summed E-state index contributed by atoms with van der Waals surface area (Å²) in [5, 5.41) is 12.6. The number of nitrogens with zero attached hydrogens (tertiary/aromatic N) is 5. The molecule has 0 atom stereocenters. The second-order valence-electron chi connectivity index (χ2n) is 5.76. The molecule has 3 aromatic rings. The Hall–Kier alpha value is -2.87. The van der Waals surface area contributed by atoms with Crippen molar-refractivity contribution in [1.82, 2.24) is 25.1 Å². The van der Waals surface area contributed by atoms with Gasteiger partial charge in [0.2, 0.25) is 5.16 Å². The van der Waals surface area contributed by atoms with Crippen LogP contribution >= 0.6 is 11.8 Å². The van der Waals surface area contributed by atoms with Crippen LogP contribution in [0.25, 0.3) is 5.69 Å². The zero-order valence-electron chi connectivity index (χ0n) is 14.8. The molecule has 0 aliphatic carbocycles. The molecular formula is C18H19N5O2S. The van der Waals surface area contributed by atoms with Gasteiger partial charge >= 0.3 is 0 Å². The lowest BCUT2D eigenvalue weighted by atomic mass is 10.1. The van der Waals surface area contributed by atoms with Gasteiger partial charge in [-0.05, 0) is 52.4 Å². The summed E-state index contributed by atoms with van der Waals surface area (Å²) < 4.78 is 6.86. The fourth-order valence-electron chi connectivity index (χ4n) is 2.30. The van der Waals surface area contributed by atoms with Crippen LogP contribution < -0.4 is 4.74 Å². The molecule has 0 aliphatic rings. The number of benzene rings is 2. The van der Waals surface area contributed by atoms with E-state index in [2.05, 4.69) is 15.5 Å². The summed E-state index contributed by atoms with van der Waals surface area (Å²) in [4.78, 5) is 13.5. The molecular weight excluding hydrogens is 350 g/mol. The second kappa shape index (κ2) is 8.01. The van der Waals surface area contributed by atoms with Crippen molar-refractivity contribution in [1.29, 1.82) is 0 Å². The summed E-state index contributed by atoms with van der Waals surface area (Å²) in [6.07, 6.45) is 0. The molecule has 0 aliphatic heterocycles. The van der Waals surface area contributed by atoms with E-state index in [1.165, 1.54) is 11.8 Å². The third-order valence-corrected chi connectivity index (χ3v) is 4.72. The first kappa shape index (κ1) is 17.9. The molecule has 0 N–H and O–H groups in total. The molecule has 0 unspecified atom stereocenters. The van der Waals surface area contributed by atoms with Crippen molar-refractivity contribution in [2.45, 2.75) is 10.9 Å². The van der Waals surface area contributed by atoms with Gasteiger partial charge in [0.25, 0.3) is 5.91 Å². The third kappa shape index (κ3) is 4.02. The number of methoxy groups -OCH3 is 1. The molecule has 26 heavy (non-hydrogen) atoms. The van der Waals surface area contributed by atoms with Crippen molar-refractivity contribution < 1.29 is 9.53 Å². The number of ether oxygens (including phenoxy) is 1. The van der Waals surface area contributed by atoms with E-state index in [0.29, 0.717) is 16.5 Å². The van der Waals surface area contributed by atoms with Crippen LogP contribution in [-0.4, -0.2) is 52.2 Å². The Morgan fingerprint density at radius 2 is 1.81 bits per heavy atom. The van der Waals surface area contributed by atoms with Crippen molar-refractivity contribution in [3.8, 4) is 11.4 Å². The van der Waals surface area contributed by atoms with Gasteiger partial charge in [0.1, 0.15) is 5.75 Å². The number of hydrogen-bond donors (Lipinski definition) is 0. The summed E-state index contributed by atoms with van der Waals surface area (Å²) in [5.74, 6) is 1.48. The fraction of sp³-hybridized carbons (Fsp3) is 0.222. The minimum absolute atomic E-state index is 0.00680. The molecule has 7 nitrogen and oxygen atoms in total. The van der Waals surface area contributed by atoms with E-state index in [0.717, 1.165) is 17.0 Å². The summed E-state index contributed by atoms with van der Waals surface area (Å²) in [6, 6.07) is 15.1. The molecule has 0 radical (unpaired) electrons. The van der Waals surface area contributed by atoms with E-state index in [9.17, 15) is 4.79 Å². The maximum atomic E-state index is 11.9. The van der Waals surface area contributed by atoms with Crippen LogP contribution in [0.2, 0.25) is 0 Å². The Bertz CT molecular complexity index is 875. The average Bonchev–Trinajstić information content (AvgIpc) is 3.14. The van der Waals surface area contributed by atoms with E-state index in [1.807, 2.05) is 48.5 Å². The van der Waals surface area contributed by atoms with Crippen molar-refractivity contribution in [2.24, 2.45) is 0 Å². The molecule has 0 saturated carbocycles. The van der Waals surface area contributed by atoms with Crippen LogP contribution in [0, 0.1) is 0 Å². The Kier molecular flexibility index (Phi) is 5.52. The fourth-order valence-corrected chi connectivity index (χ4v) is 3.15. The number of carbonyl (C=O) groups excluding carboxylic acids is 1. The van der Waals surface area contributed by atoms with Crippen molar-refractivity contribution in [3.05, 3.63) is 59.7 Å². The number of rotatable bonds is 6. The van der Waals surface area contributed by atoms with Crippen molar-refractivity contribution >= 4 is 17.7 Å². The lowest BCUT2D eigenvalue weighted by Gasteiger charge is -2.10. The molecule has 1 aromatic heterocycles.